The molecule has 0 spiro atoms. The molecule has 3 N–H and O–H groups in total. The molecule has 0 saturated heterocycles. The molecule has 0 aliphatic carbocycles. The van der Waals surface area contributed by atoms with E-state index in [2.05, 4.69) is 15.6 Å². The molecule has 0 unspecified atom stereocenters. The molecular formula is C21H21F4N5O4S. The van der Waals surface area contributed by atoms with E-state index in [1.54, 1.807) is 6.07 Å². The van der Waals surface area contributed by atoms with E-state index in [4.69, 9.17) is 4.74 Å². The second kappa shape index (κ2) is 11.6. The summed E-state index contributed by atoms with van der Waals surface area (Å²) >= 11 is 0. The maximum atomic E-state index is 14.3. The zero-order valence-electron chi connectivity index (χ0n) is 18.5. The lowest BCUT2D eigenvalue weighted by atomic mass is 10.1. The normalized spacial score (nSPS) is 11.8. The number of carbonyl (C=O) groups is 1. The van der Waals surface area contributed by atoms with Crippen LogP contribution in [0.15, 0.2) is 30.3 Å². The third-order valence-corrected chi connectivity index (χ3v) is 4.83. The molecule has 2 rings (SSSR count). The van der Waals surface area contributed by atoms with Gasteiger partial charge in [0.15, 0.2) is 0 Å². The van der Waals surface area contributed by atoms with Crippen LogP contribution >= 0.6 is 0 Å². The number of alkyl halides is 3. The molecule has 2 aromatic rings. The predicted molar refractivity (Wildman–Crippen MR) is 120 cm³/mol. The number of rotatable bonds is 10. The summed E-state index contributed by atoms with van der Waals surface area (Å²) in [5, 5.41) is 14.3. The topological polar surface area (TPSA) is 133 Å². The van der Waals surface area contributed by atoms with Crippen molar-refractivity contribution in [2.75, 3.05) is 36.6 Å². The molecule has 0 aliphatic rings. The molecule has 14 heteroatoms. The first-order valence-electron chi connectivity index (χ1n) is 9.81. The number of ether oxygens (including phenoxy) is 1. The van der Waals surface area contributed by atoms with Crippen LogP contribution in [0.3, 0.4) is 0 Å². The van der Waals surface area contributed by atoms with Crippen molar-refractivity contribution in [2.24, 2.45) is 0 Å². The van der Waals surface area contributed by atoms with Gasteiger partial charge in [-0.1, -0.05) is 0 Å². The van der Waals surface area contributed by atoms with Crippen LogP contribution in [0.2, 0.25) is 0 Å². The minimum Gasteiger partial charge on any atom is -0.383 e. The molecule has 1 aromatic heterocycles. The number of methoxy groups -OCH3 is 1. The summed E-state index contributed by atoms with van der Waals surface area (Å²) in [4.78, 5) is 15.7. The van der Waals surface area contributed by atoms with Gasteiger partial charge < -0.3 is 15.4 Å². The zero-order valence-corrected chi connectivity index (χ0v) is 19.3. The SMILES string of the molecule is COCCNc1nc(C(F)(F)F)ccc1C=CC(=O)NCc1cc(F)c(NS(C)(=O)=O)c(C#N)c1. The van der Waals surface area contributed by atoms with Gasteiger partial charge in [-0.25, -0.2) is 17.8 Å². The molecule has 0 atom stereocenters. The maximum absolute atomic E-state index is 14.3. The summed E-state index contributed by atoms with van der Waals surface area (Å²) in [6.45, 7) is 0.175. The monoisotopic (exact) mass is 515 g/mol. The molecule has 0 bridgehead atoms. The van der Waals surface area contributed by atoms with Crippen LogP contribution in [0.1, 0.15) is 22.4 Å². The lowest BCUT2D eigenvalue weighted by Crippen LogP contribution is -2.21. The molecule has 0 saturated carbocycles. The van der Waals surface area contributed by atoms with Crippen molar-refractivity contribution >= 4 is 33.5 Å². The number of aromatic nitrogens is 1. The van der Waals surface area contributed by atoms with Crippen molar-refractivity contribution in [3.05, 3.63) is 58.5 Å². The average molecular weight is 515 g/mol. The maximum Gasteiger partial charge on any atom is 0.433 e. The number of nitriles is 1. The number of benzene rings is 1. The highest BCUT2D eigenvalue weighted by molar-refractivity contribution is 7.92. The predicted octanol–water partition coefficient (Wildman–Crippen LogP) is 2.87. The Labute approximate surface area is 198 Å². The molecule has 1 aromatic carbocycles. The highest BCUT2D eigenvalue weighted by Crippen LogP contribution is 2.30. The number of nitrogens with zero attached hydrogens (tertiary/aromatic N) is 2. The summed E-state index contributed by atoms with van der Waals surface area (Å²) in [5.74, 6) is -1.77. The number of nitrogens with one attached hydrogen (secondary N) is 3. The highest BCUT2D eigenvalue weighted by atomic mass is 32.2. The summed E-state index contributed by atoms with van der Waals surface area (Å²) in [6.07, 6.45) is -1.55. The van der Waals surface area contributed by atoms with Crippen molar-refractivity contribution in [1.82, 2.24) is 10.3 Å². The van der Waals surface area contributed by atoms with Crippen LogP contribution in [0.5, 0.6) is 0 Å². The number of amides is 1. The van der Waals surface area contributed by atoms with Crippen molar-refractivity contribution in [1.29, 1.82) is 5.26 Å². The Balaban J connectivity index is 2.15. The van der Waals surface area contributed by atoms with Crippen molar-refractivity contribution < 1.29 is 35.5 Å². The van der Waals surface area contributed by atoms with E-state index in [1.807, 2.05) is 4.72 Å². The van der Waals surface area contributed by atoms with Gasteiger partial charge in [0.25, 0.3) is 0 Å². The Morgan fingerprint density at radius 2 is 2.00 bits per heavy atom. The van der Waals surface area contributed by atoms with E-state index in [0.29, 0.717) is 0 Å². The van der Waals surface area contributed by atoms with Gasteiger partial charge in [-0.3, -0.25) is 9.52 Å². The largest absolute Gasteiger partial charge is 0.433 e. The molecule has 188 valence electrons. The van der Waals surface area contributed by atoms with E-state index in [9.17, 15) is 36.0 Å². The third-order valence-electron chi connectivity index (χ3n) is 4.25. The second-order valence-corrected chi connectivity index (χ2v) is 8.84. The minimum atomic E-state index is -4.65. The lowest BCUT2D eigenvalue weighted by molar-refractivity contribution is -0.141. The number of sulfonamides is 1. The van der Waals surface area contributed by atoms with Gasteiger partial charge in [-0.05, 0) is 35.9 Å². The molecule has 9 nitrogen and oxygen atoms in total. The fourth-order valence-electron chi connectivity index (χ4n) is 2.73. The molecule has 0 aliphatic heterocycles. The van der Waals surface area contributed by atoms with Crippen LogP contribution in [-0.4, -0.2) is 45.8 Å². The molecule has 0 fully saturated rings. The van der Waals surface area contributed by atoms with Gasteiger partial charge in [-0.2, -0.15) is 18.4 Å². The van der Waals surface area contributed by atoms with Crippen LogP contribution in [0.25, 0.3) is 6.08 Å². The summed E-state index contributed by atoms with van der Waals surface area (Å²) in [6, 6.07) is 5.77. The molecule has 0 radical (unpaired) electrons. The third kappa shape index (κ3) is 8.54. The van der Waals surface area contributed by atoms with Crippen LogP contribution < -0.4 is 15.4 Å². The number of pyridine rings is 1. The number of hydrogen-bond acceptors (Lipinski definition) is 7. The van der Waals surface area contributed by atoms with Gasteiger partial charge >= 0.3 is 6.18 Å². The Morgan fingerprint density at radius 3 is 2.60 bits per heavy atom. The fourth-order valence-corrected chi connectivity index (χ4v) is 3.31. The first-order chi connectivity index (χ1) is 16.3. The van der Waals surface area contributed by atoms with Crippen molar-refractivity contribution in [3.8, 4) is 6.07 Å². The number of anilines is 2. The fraction of sp³-hybridized carbons (Fsp3) is 0.286. The van der Waals surface area contributed by atoms with Gasteiger partial charge in [0.2, 0.25) is 15.9 Å². The van der Waals surface area contributed by atoms with E-state index in [-0.39, 0.29) is 42.2 Å². The lowest BCUT2D eigenvalue weighted by Gasteiger charge is -2.12. The van der Waals surface area contributed by atoms with Gasteiger partial charge in [0.05, 0.1) is 18.4 Å². The quantitative estimate of drug-likeness (QED) is 0.252. The summed E-state index contributed by atoms with van der Waals surface area (Å²) < 4.78 is 82.7. The van der Waals surface area contributed by atoms with Crippen molar-refractivity contribution in [2.45, 2.75) is 12.7 Å². The average Bonchev–Trinajstić information content (AvgIpc) is 2.76. The summed E-state index contributed by atoms with van der Waals surface area (Å²) in [7, 11) is -2.40. The van der Waals surface area contributed by atoms with E-state index in [1.165, 1.54) is 19.3 Å². The van der Waals surface area contributed by atoms with Crippen LogP contribution in [0, 0.1) is 17.1 Å². The van der Waals surface area contributed by atoms with E-state index < -0.39 is 39.3 Å². The van der Waals surface area contributed by atoms with Gasteiger partial charge in [0, 0.05) is 31.8 Å². The molecule has 1 heterocycles. The second-order valence-electron chi connectivity index (χ2n) is 7.09. The Kier molecular flexibility index (Phi) is 9.15. The Bertz CT molecular complexity index is 1260. The van der Waals surface area contributed by atoms with Gasteiger partial charge in [-0.15, -0.1) is 0 Å². The first-order valence-corrected chi connectivity index (χ1v) is 11.7. The Hall–Kier alpha value is -3.70. The molecule has 35 heavy (non-hydrogen) atoms. The highest BCUT2D eigenvalue weighted by Gasteiger charge is 2.33. The first kappa shape index (κ1) is 27.5. The molecule has 1 amide bonds. The standard InChI is InChI=1S/C21H21F4N5O4S/c1-34-8-7-27-20-14(3-5-17(29-20)21(23,24)25)4-6-18(31)28-12-13-9-15(11-26)19(16(22)10-13)30-35(2,32)33/h3-6,9-10,30H,7-8,12H2,1-2H3,(H,27,29)(H,28,31). The summed E-state index contributed by atoms with van der Waals surface area (Å²) in [5.41, 5.74) is -1.51. The molecular weight excluding hydrogens is 494 g/mol. The number of hydrogen-bond donors (Lipinski definition) is 3. The minimum absolute atomic E-state index is 0.101. The van der Waals surface area contributed by atoms with E-state index in [0.717, 1.165) is 30.5 Å². The van der Waals surface area contributed by atoms with E-state index >= 15 is 0 Å². The smallest absolute Gasteiger partial charge is 0.383 e. The zero-order chi connectivity index (χ0) is 26.2. The van der Waals surface area contributed by atoms with Crippen LogP contribution in [-0.2, 0) is 32.3 Å². The van der Waals surface area contributed by atoms with Gasteiger partial charge in [0.1, 0.15) is 29.1 Å². The van der Waals surface area contributed by atoms with Crippen LogP contribution in [0.4, 0.5) is 29.1 Å². The number of carbonyl (C=O) groups excluding carboxylic acids is 1. The van der Waals surface area contributed by atoms with Crippen molar-refractivity contribution in [3.63, 3.8) is 0 Å². The Morgan fingerprint density at radius 1 is 1.29 bits per heavy atom. The number of halogens is 4.